The van der Waals surface area contributed by atoms with Crippen LogP contribution in [0.5, 0.6) is 0 Å². The van der Waals surface area contributed by atoms with Crippen LogP contribution in [0, 0.1) is 19.1 Å². The van der Waals surface area contributed by atoms with Gasteiger partial charge in [0.2, 0.25) is 0 Å². The van der Waals surface area contributed by atoms with Gasteiger partial charge in [-0.15, -0.1) is 54.1 Å². The van der Waals surface area contributed by atoms with Crippen LogP contribution in [-0.2, 0) is 20.1 Å². The summed E-state index contributed by atoms with van der Waals surface area (Å²) in [6.07, 6.45) is 3.63. The second-order valence-corrected chi connectivity index (χ2v) is 9.97. The minimum Gasteiger partial charge on any atom is -0.501 e. The van der Waals surface area contributed by atoms with Crippen LogP contribution in [0.4, 0.5) is 0 Å². The summed E-state index contributed by atoms with van der Waals surface area (Å²) < 4.78 is 6.17. The first-order valence-electron chi connectivity index (χ1n) is 13.8. The number of pyridine rings is 3. The van der Waals surface area contributed by atoms with Gasteiger partial charge >= 0.3 is 0 Å². The Morgan fingerprint density at radius 3 is 2.33 bits per heavy atom. The first-order chi connectivity index (χ1) is 20.7. The average molecular weight is 732 g/mol. The number of hydrogen-bond donors (Lipinski definition) is 0. The average Bonchev–Trinajstić information content (AvgIpc) is 3.45. The molecule has 4 aromatic heterocycles. The van der Waals surface area contributed by atoms with Crippen molar-refractivity contribution >= 4 is 32.8 Å². The Kier molecular flexibility index (Phi) is 8.19. The third kappa shape index (κ3) is 5.87. The van der Waals surface area contributed by atoms with Gasteiger partial charge < -0.3 is 14.4 Å². The van der Waals surface area contributed by atoms with Gasteiger partial charge in [0.25, 0.3) is 0 Å². The third-order valence-electron chi connectivity index (χ3n) is 7.17. The Bertz CT molecular complexity index is 2120. The van der Waals surface area contributed by atoms with E-state index in [1.54, 1.807) is 6.20 Å². The van der Waals surface area contributed by atoms with Crippen molar-refractivity contribution < 1.29 is 24.5 Å². The summed E-state index contributed by atoms with van der Waals surface area (Å²) in [6, 6.07) is 46.9. The van der Waals surface area contributed by atoms with Crippen molar-refractivity contribution in [3.63, 3.8) is 0 Å². The molecule has 0 unspecified atom stereocenters. The fourth-order valence-electron chi connectivity index (χ4n) is 5.11. The molecule has 5 heteroatoms. The normalized spacial score (nSPS) is 10.7. The van der Waals surface area contributed by atoms with Crippen LogP contribution >= 0.6 is 0 Å². The van der Waals surface area contributed by atoms with Crippen molar-refractivity contribution in [1.29, 1.82) is 0 Å². The molecule has 43 heavy (non-hydrogen) atoms. The zero-order valence-corrected chi connectivity index (χ0v) is 25.7. The zero-order chi connectivity index (χ0) is 28.3. The quantitative estimate of drug-likeness (QED) is 0.170. The Labute approximate surface area is 263 Å². The molecule has 0 aliphatic heterocycles. The van der Waals surface area contributed by atoms with Crippen molar-refractivity contribution in [3.05, 3.63) is 152 Å². The molecule has 8 aromatic rings. The van der Waals surface area contributed by atoms with E-state index in [0.717, 1.165) is 72.2 Å². The molecule has 0 saturated carbocycles. The number of nitrogens with zero attached hydrogens (tertiary/aromatic N) is 3. The number of aryl methyl sites for hydroxylation is 1. The van der Waals surface area contributed by atoms with Crippen LogP contribution in [0.25, 0.3) is 66.5 Å². The maximum absolute atomic E-state index is 6.17. The summed E-state index contributed by atoms with van der Waals surface area (Å²) in [5.74, 6) is 0. The summed E-state index contributed by atoms with van der Waals surface area (Å²) in [7, 11) is 0. The Morgan fingerprint density at radius 1 is 0.628 bits per heavy atom. The van der Waals surface area contributed by atoms with Crippen LogP contribution in [0.1, 0.15) is 5.69 Å². The molecule has 0 atom stereocenters. The predicted octanol–water partition coefficient (Wildman–Crippen LogP) is 9.52. The number of fused-ring (bicyclic) bond motifs is 4. The molecule has 209 valence electrons. The Balaban J connectivity index is 0.000000213. The minimum atomic E-state index is 0. The second-order valence-electron chi connectivity index (χ2n) is 9.97. The molecule has 0 aliphatic rings. The Hall–Kier alpha value is -4.96. The molecule has 0 bridgehead atoms. The van der Waals surface area contributed by atoms with Gasteiger partial charge in [-0.25, -0.2) is 0 Å². The van der Waals surface area contributed by atoms with Crippen LogP contribution in [-0.4, -0.2) is 15.0 Å². The number of hydrogen-bond acceptors (Lipinski definition) is 4. The van der Waals surface area contributed by atoms with Gasteiger partial charge in [0, 0.05) is 49.0 Å². The number of para-hydroxylation sites is 1. The second kappa shape index (κ2) is 12.5. The SMILES string of the molecule is Cc1ccc2cc(-c3ccnc(-c4[c-]ccc5c4oc4ccccc45)c3)ccc2n1.[Ir].[c-]1ccccc1-c1ccccn1. The number of benzene rings is 4. The molecule has 0 fully saturated rings. The van der Waals surface area contributed by atoms with Crippen molar-refractivity contribution in [2.24, 2.45) is 0 Å². The number of aromatic nitrogens is 3. The number of rotatable bonds is 3. The van der Waals surface area contributed by atoms with E-state index in [2.05, 4.69) is 63.5 Å². The molecule has 1 radical (unpaired) electrons. The standard InChI is InChI=1S/C27H17N2O.C11H8N.Ir/c1-17-9-10-20-15-18(11-12-24(20)29-17)19-13-14-28-25(16-19)23-7-4-6-22-21-5-2-3-8-26(21)30-27(22)23;1-2-6-10(7-3-1)11-8-4-5-9-12-11;/h2-6,8-16H,1H3;1-6,8-9H;/q2*-1;. The topological polar surface area (TPSA) is 51.8 Å². The van der Waals surface area contributed by atoms with Gasteiger partial charge in [-0.1, -0.05) is 59.5 Å². The van der Waals surface area contributed by atoms with E-state index in [1.807, 2.05) is 98.0 Å². The van der Waals surface area contributed by atoms with E-state index in [4.69, 9.17) is 4.42 Å². The van der Waals surface area contributed by atoms with Crippen LogP contribution in [0.15, 0.2) is 138 Å². The molecule has 0 aliphatic carbocycles. The fourth-order valence-corrected chi connectivity index (χ4v) is 5.11. The van der Waals surface area contributed by atoms with Gasteiger partial charge in [0.1, 0.15) is 5.58 Å². The fraction of sp³-hybridized carbons (Fsp3) is 0.0263. The molecule has 4 aromatic carbocycles. The summed E-state index contributed by atoms with van der Waals surface area (Å²) >= 11 is 0. The maximum atomic E-state index is 6.17. The van der Waals surface area contributed by atoms with Gasteiger partial charge in [-0.3, -0.25) is 4.98 Å². The van der Waals surface area contributed by atoms with E-state index in [9.17, 15) is 0 Å². The van der Waals surface area contributed by atoms with Crippen LogP contribution in [0.2, 0.25) is 0 Å². The molecule has 4 nitrogen and oxygen atoms in total. The van der Waals surface area contributed by atoms with Crippen LogP contribution < -0.4 is 0 Å². The molecular weight excluding hydrogens is 707 g/mol. The van der Waals surface area contributed by atoms with Crippen molar-refractivity contribution in [2.45, 2.75) is 6.92 Å². The molecule has 8 rings (SSSR count). The van der Waals surface area contributed by atoms with Gasteiger partial charge in [-0.05, 0) is 65.8 Å². The summed E-state index contributed by atoms with van der Waals surface area (Å²) in [6.45, 7) is 2.01. The van der Waals surface area contributed by atoms with Crippen molar-refractivity contribution in [1.82, 2.24) is 15.0 Å². The first kappa shape index (κ1) is 28.2. The molecule has 0 saturated heterocycles. The van der Waals surface area contributed by atoms with Gasteiger partial charge in [0.15, 0.2) is 0 Å². The smallest absolute Gasteiger partial charge is 0.120 e. The maximum Gasteiger partial charge on any atom is 0.120 e. The summed E-state index contributed by atoms with van der Waals surface area (Å²) in [5, 5.41) is 3.32. The molecule has 0 spiro atoms. The van der Waals surface area contributed by atoms with E-state index in [1.165, 1.54) is 0 Å². The number of furan rings is 1. The summed E-state index contributed by atoms with van der Waals surface area (Å²) in [5.41, 5.74) is 9.70. The molecule has 0 N–H and O–H groups in total. The van der Waals surface area contributed by atoms with Gasteiger partial charge in [0.05, 0.1) is 11.1 Å². The predicted molar refractivity (Wildman–Crippen MR) is 170 cm³/mol. The molecule has 0 amide bonds. The summed E-state index contributed by atoms with van der Waals surface area (Å²) in [4.78, 5) is 13.4. The third-order valence-corrected chi connectivity index (χ3v) is 7.17. The van der Waals surface area contributed by atoms with Crippen molar-refractivity contribution in [3.8, 4) is 33.6 Å². The van der Waals surface area contributed by atoms with Gasteiger partial charge in [-0.2, -0.15) is 0 Å². The Morgan fingerprint density at radius 2 is 1.47 bits per heavy atom. The molecular formula is C38H25IrN3O-2. The van der Waals surface area contributed by atoms with E-state index in [0.29, 0.717) is 0 Å². The van der Waals surface area contributed by atoms with Crippen LogP contribution in [0.3, 0.4) is 0 Å². The molecule has 4 heterocycles. The van der Waals surface area contributed by atoms with E-state index >= 15 is 0 Å². The largest absolute Gasteiger partial charge is 0.501 e. The zero-order valence-electron chi connectivity index (χ0n) is 23.3. The van der Waals surface area contributed by atoms with E-state index < -0.39 is 0 Å². The minimum absolute atomic E-state index is 0. The monoisotopic (exact) mass is 732 g/mol. The first-order valence-corrected chi connectivity index (χ1v) is 13.8. The van der Waals surface area contributed by atoms with E-state index in [-0.39, 0.29) is 20.1 Å². The van der Waals surface area contributed by atoms with Crippen molar-refractivity contribution in [2.75, 3.05) is 0 Å².